The third-order valence-corrected chi connectivity index (χ3v) is 6.24. The molecule has 1 atom stereocenters. The summed E-state index contributed by atoms with van der Waals surface area (Å²) in [5.41, 5.74) is 2.60. The second-order valence-electron chi connectivity index (χ2n) is 7.76. The largest absolute Gasteiger partial charge is 0.263 e. The number of alkyl halides is 2. The zero-order chi connectivity index (χ0) is 16.9. The smallest absolute Gasteiger partial charge is 0.205 e. The molecule has 24 heavy (non-hydrogen) atoms. The van der Waals surface area contributed by atoms with Gasteiger partial charge in [-0.2, -0.15) is 0 Å². The highest BCUT2D eigenvalue weighted by Gasteiger charge is 2.28. The molecule has 0 saturated heterocycles. The van der Waals surface area contributed by atoms with Crippen molar-refractivity contribution in [2.45, 2.75) is 71.1 Å². The van der Waals surface area contributed by atoms with Crippen LogP contribution >= 0.6 is 0 Å². The summed E-state index contributed by atoms with van der Waals surface area (Å²) in [5, 5.41) is 0. The van der Waals surface area contributed by atoms with Gasteiger partial charge in [-0.15, -0.1) is 0 Å². The molecule has 0 spiro atoms. The third-order valence-electron chi connectivity index (χ3n) is 6.24. The van der Waals surface area contributed by atoms with Gasteiger partial charge in [0.15, 0.2) is 0 Å². The normalized spacial score (nSPS) is 28.0. The Bertz CT molecular complexity index is 536. The number of hydrogen-bond acceptors (Lipinski definition) is 0. The molecule has 0 bridgehead atoms. The molecule has 132 valence electrons. The summed E-state index contributed by atoms with van der Waals surface area (Å²) in [4.78, 5) is 0. The predicted molar refractivity (Wildman–Crippen MR) is 97.1 cm³/mol. The summed E-state index contributed by atoms with van der Waals surface area (Å²) >= 11 is 0. The summed E-state index contributed by atoms with van der Waals surface area (Å²) in [6.45, 7) is 2.30. The third kappa shape index (κ3) is 4.26. The number of halogens is 2. The van der Waals surface area contributed by atoms with Crippen molar-refractivity contribution in [3.05, 3.63) is 41.5 Å². The van der Waals surface area contributed by atoms with Gasteiger partial charge in [0.1, 0.15) is 0 Å². The molecule has 1 aromatic rings. The Morgan fingerprint density at radius 1 is 0.958 bits per heavy atom. The molecular weight excluding hydrogens is 302 g/mol. The van der Waals surface area contributed by atoms with Gasteiger partial charge in [-0.3, -0.25) is 0 Å². The average molecular weight is 332 g/mol. The van der Waals surface area contributed by atoms with E-state index in [0.717, 1.165) is 29.7 Å². The first-order valence-electron chi connectivity index (χ1n) is 9.75. The minimum atomic E-state index is -2.37. The van der Waals surface area contributed by atoms with E-state index in [2.05, 4.69) is 13.0 Å². The van der Waals surface area contributed by atoms with Gasteiger partial charge in [-0.1, -0.05) is 62.9 Å². The van der Waals surface area contributed by atoms with Crippen molar-refractivity contribution in [3.63, 3.8) is 0 Å². The molecule has 0 radical (unpaired) electrons. The Hall–Kier alpha value is -1.18. The zero-order valence-electron chi connectivity index (χ0n) is 14.8. The second-order valence-corrected chi connectivity index (χ2v) is 7.76. The van der Waals surface area contributed by atoms with Crippen LogP contribution in [0.2, 0.25) is 0 Å². The molecule has 0 aromatic heterocycles. The fourth-order valence-electron chi connectivity index (χ4n) is 4.74. The van der Waals surface area contributed by atoms with Crippen LogP contribution in [-0.2, 0) is 0 Å². The van der Waals surface area contributed by atoms with Crippen molar-refractivity contribution in [1.29, 1.82) is 0 Å². The topological polar surface area (TPSA) is 0 Å². The minimum absolute atomic E-state index is 0.122. The van der Waals surface area contributed by atoms with Gasteiger partial charge in [0.05, 0.1) is 0 Å². The molecule has 0 aliphatic heterocycles. The maximum Gasteiger partial charge on any atom is 0.263 e. The maximum absolute atomic E-state index is 12.7. The van der Waals surface area contributed by atoms with Gasteiger partial charge in [-0.05, 0) is 61.0 Å². The molecule has 1 aromatic carbocycles. The van der Waals surface area contributed by atoms with Crippen LogP contribution < -0.4 is 0 Å². The molecule has 2 aliphatic carbocycles. The number of benzene rings is 1. The van der Waals surface area contributed by atoms with Crippen molar-refractivity contribution >= 4 is 5.57 Å². The standard InChI is InChI=1S/C22H30F2/c1-2-3-16-4-6-17(7-5-16)18-8-10-19(11-9-18)20-12-14-21(15-13-20)22(23)24/h10,12-18,22H,2-9,11H2,1H3. The van der Waals surface area contributed by atoms with Gasteiger partial charge in [0.2, 0.25) is 0 Å². The molecule has 2 aliphatic rings. The Morgan fingerprint density at radius 3 is 2.21 bits per heavy atom. The van der Waals surface area contributed by atoms with Crippen LogP contribution in [0.4, 0.5) is 8.78 Å². The van der Waals surface area contributed by atoms with E-state index in [1.54, 1.807) is 12.1 Å². The van der Waals surface area contributed by atoms with E-state index in [1.807, 2.05) is 12.1 Å². The minimum Gasteiger partial charge on any atom is -0.205 e. The van der Waals surface area contributed by atoms with Gasteiger partial charge >= 0.3 is 0 Å². The highest BCUT2D eigenvalue weighted by molar-refractivity contribution is 5.66. The first-order valence-corrected chi connectivity index (χ1v) is 9.75. The summed E-state index contributed by atoms with van der Waals surface area (Å²) in [5.74, 6) is 2.74. The van der Waals surface area contributed by atoms with E-state index in [4.69, 9.17) is 0 Å². The van der Waals surface area contributed by atoms with Crippen LogP contribution in [0.1, 0.15) is 82.3 Å². The van der Waals surface area contributed by atoms with E-state index in [1.165, 1.54) is 56.9 Å². The van der Waals surface area contributed by atoms with Crippen molar-refractivity contribution in [2.75, 3.05) is 0 Å². The van der Waals surface area contributed by atoms with E-state index in [9.17, 15) is 8.78 Å². The van der Waals surface area contributed by atoms with Crippen LogP contribution in [-0.4, -0.2) is 0 Å². The van der Waals surface area contributed by atoms with Crippen molar-refractivity contribution in [3.8, 4) is 0 Å². The zero-order valence-corrected chi connectivity index (χ0v) is 14.8. The Morgan fingerprint density at radius 2 is 1.67 bits per heavy atom. The molecule has 0 N–H and O–H groups in total. The molecular formula is C22H30F2. The van der Waals surface area contributed by atoms with Gasteiger partial charge in [0.25, 0.3) is 6.43 Å². The fraction of sp³-hybridized carbons (Fsp3) is 0.636. The molecule has 3 rings (SSSR count). The van der Waals surface area contributed by atoms with Gasteiger partial charge in [-0.25, -0.2) is 8.78 Å². The molecule has 1 saturated carbocycles. The van der Waals surface area contributed by atoms with E-state index >= 15 is 0 Å². The highest BCUT2D eigenvalue weighted by Crippen LogP contribution is 2.42. The number of rotatable bonds is 5. The lowest BCUT2D eigenvalue weighted by Gasteiger charge is -2.35. The quantitative estimate of drug-likeness (QED) is 0.526. The van der Waals surface area contributed by atoms with Gasteiger partial charge < -0.3 is 0 Å². The van der Waals surface area contributed by atoms with Crippen molar-refractivity contribution in [1.82, 2.24) is 0 Å². The monoisotopic (exact) mass is 332 g/mol. The predicted octanol–water partition coefficient (Wildman–Crippen LogP) is 7.41. The average Bonchev–Trinajstić information content (AvgIpc) is 2.63. The highest BCUT2D eigenvalue weighted by atomic mass is 19.3. The van der Waals surface area contributed by atoms with Crippen molar-refractivity contribution in [2.24, 2.45) is 17.8 Å². The van der Waals surface area contributed by atoms with Crippen LogP contribution in [0.5, 0.6) is 0 Å². The Labute approximate surface area is 145 Å². The van der Waals surface area contributed by atoms with Crippen LogP contribution in [0, 0.1) is 17.8 Å². The van der Waals surface area contributed by atoms with Crippen LogP contribution in [0.15, 0.2) is 30.3 Å². The van der Waals surface area contributed by atoms with E-state index < -0.39 is 6.43 Å². The van der Waals surface area contributed by atoms with Crippen molar-refractivity contribution < 1.29 is 8.78 Å². The molecule has 0 heterocycles. The number of allylic oxidation sites excluding steroid dienone is 2. The Balaban J connectivity index is 1.54. The lowest BCUT2D eigenvalue weighted by atomic mass is 9.70. The lowest BCUT2D eigenvalue weighted by molar-refractivity contribution is 0.151. The van der Waals surface area contributed by atoms with Crippen LogP contribution in [0.25, 0.3) is 5.57 Å². The second kappa shape index (κ2) is 8.27. The summed E-state index contributed by atoms with van der Waals surface area (Å²) in [6, 6.07) is 6.87. The van der Waals surface area contributed by atoms with Crippen LogP contribution in [0.3, 0.4) is 0 Å². The van der Waals surface area contributed by atoms with Gasteiger partial charge in [0, 0.05) is 5.56 Å². The summed E-state index contributed by atoms with van der Waals surface area (Å²) in [6.07, 6.45) is 12.0. The molecule has 0 amide bonds. The lowest BCUT2D eigenvalue weighted by Crippen LogP contribution is -2.23. The molecule has 1 fully saturated rings. The van der Waals surface area contributed by atoms with E-state index in [-0.39, 0.29) is 5.56 Å². The maximum atomic E-state index is 12.7. The fourth-order valence-corrected chi connectivity index (χ4v) is 4.74. The Kier molecular flexibility index (Phi) is 6.08. The van der Waals surface area contributed by atoms with E-state index in [0.29, 0.717) is 0 Å². The molecule has 0 nitrogen and oxygen atoms in total. The molecule has 1 unspecified atom stereocenters. The number of hydrogen-bond donors (Lipinski definition) is 0. The summed E-state index contributed by atoms with van der Waals surface area (Å²) in [7, 11) is 0. The molecule has 2 heteroatoms. The first-order chi connectivity index (χ1) is 11.7. The first kappa shape index (κ1) is 17.6. The SMILES string of the molecule is CCCC1CCC(C2CC=C(c3ccc(C(F)F)cc3)CC2)CC1. The summed E-state index contributed by atoms with van der Waals surface area (Å²) < 4.78 is 25.3.